The van der Waals surface area contributed by atoms with Crippen LogP contribution in [0.4, 0.5) is 27.8 Å². The van der Waals surface area contributed by atoms with E-state index in [2.05, 4.69) is 15.3 Å². The van der Waals surface area contributed by atoms with Gasteiger partial charge in [0, 0.05) is 36.5 Å². The Labute approximate surface area is 223 Å². The van der Waals surface area contributed by atoms with Gasteiger partial charge in [0.1, 0.15) is 11.9 Å². The standard InChI is InChI=1S/C24H32F5N5O3S/c1-12-7-6-8-34(12)22(36)18(32-13(2)21(35)31-11-23(4,5)37)19(38)16-10-30-17(9-15(16)20(25)26)33-14(3)24(27,28)29/h9-10,12,14,18,20,37H,6-8,11H2,1-5H3,(H,30,33)(H,31,35)/t12-,14-,18?/m0/s1. The number of thiocarbonyl (C=S) groups is 1. The summed E-state index contributed by atoms with van der Waals surface area (Å²) in [5, 5.41) is 14.4. The largest absolute Gasteiger partial charge is 0.408 e. The van der Waals surface area contributed by atoms with Crippen molar-refractivity contribution in [1.82, 2.24) is 15.2 Å². The zero-order chi connectivity index (χ0) is 29.0. The number of anilines is 1. The molecule has 1 fully saturated rings. The molecule has 1 aliphatic heterocycles. The van der Waals surface area contributed by atoms with Crippen LogP contribution in [-0.4, -0.2) is 80.4 Å². The third kappa shape index (κ3) is 8.38. The number of pyridine rings is 1. The average molecular weight is 566 g/mol. The van der Waals surface area contributed by atoms with Crippen LogP contribution in [0, 0.1) is 0 Å². The highest BCUT2D eigenvalue weighted by Gasteiger charge is 2.37. The van der Waals surface area contributed by atoms with Crippen LogP contribution in [0.5, 0.6) is 0 Å². The Hall–Kier alpha value is -2.74. The third-order valence-corrected chi connectivity index (χ3v) is 6.39. The predicted molar refractivity (Wildman–Crippen MR) is 137 cm³/mol. The predicted octanol–water partition coefficient (Wildman–Crippen LogP) is 3.83. The monoisotopic (exact) mass is 565 g/mol. The lowest BCUT2D eigenvalue weighted by molar-refractivity contribution is -0.138. The Bertz CT molecular complexity index is 1070. The number of alkyl halides is 5. The number of nitrogens with one attached hydrogen (secondary N) is 2. The number of aliphatic hydroxyl groups is 1. The summed E-state index contributed by atoms with van der Waals surface area (Å²) < 4.78 is 66.8. The van der Waals surface area contributed by atoms with Crippen molar-refractivity contribution in [2.75, 3.05) is 18.4 Å². The first-order chi connectivity index (χ1) is 17.4. The van der Waals surface area contributed by atoms with Gasteiger partial charge < -0.3 is 20.6 Å². The molecule has 0 saturated carbocycles. The van der Waals surface area contributed by atoms with Gasteiger partial charge in [-0.05, 0) is 53.5 Å². The van der Waals surface area contributed by atoms with Gasteiger partial charge in [-0.2, -0.15) is 13.2 Å². The van der Waals surface area contributed by atoms with Crippen molar-refractivity contribution in [3.63, 3.8) is 0 Å². The van der Waals surface area contributed by atoms with Gasteiger partial charge >= 0.3 is 6.18 Å². The van der Waals surface area contributed by atoms with E-state index in [0.717, 1.165) is 19.2 Å². The number of likely N-dealkylation sites (tertiary alicyclic amines) is 1. The summed E-state index contributed by atoms with van der Waals surface area (Å²) in [4.78, 5) is 35.2. The molecule has 3 atom stereocenters. The number of hydrogen-bond acceptors (Lipinski definition) is 7. The second kappa shape index (κ2) is 12.4. The molecule has 1 unspecified atom stereocenters. The van der Waals surface area contributed by atoms with Gasteiger partial charge in [0.05, 0.1) is 16.2 Å². The first kappa shape index (κ1) is 31.5. The van der Waals surface area contributed by atoms with Crippen molar-refractivity contribution in [1.29, 1.82) is 0 Å². The van der Waals surface area contributed by atoms with Crippen LogP contribution in [0.2, 0.25) is 0 Å². The van der Waals surface area contributed by atoms with E-state index in [1.54, 1.807) is 0 Å². The van der Waals surface area contributed by atoms with E-state index in [9.17, 15) is 36.6 Å². The van der Waals surface area contributed by atoms with Crippen LogP contribution in [-0.2, 0) is 9.59 Å². The molecule has 212 valence electrons. The molecule has 1 aromatic heterocycles. The van der Waals surface area contributed by atoms with Crippen LogP contribution < -0.4 is 10.6 Å². The van der Waals surface area contributed by atoms with Crippen molar-refractivity contribution in [2.45, 2.75) is 83.8 Å². The van der Waals surface area contributed by atoms with E-state index in [0.29, 0.717) is 19.4 Å². The van der Waals surface area contributed by atoms with Gasteiger partial charge in [-0.25, -0.2) is 13.8 Å². The van der Waals surface area contributed by atoms with Crippen molar-refractivity contribution in [2.24, 2.45) is 4.99 Å². The smallest absolute Gasteiger partial charge is 0.389 e. The van der Waals surface area contributed by atoms with Gasteiger partial charge in [-0.15, -0.1) is 0 Å². The highest BCUT2D eigenvalue weighted by atomic mass is 32.1. The number of halogens is 5. The summed E-state index contributed by atoms with van der Waals surface area (Å²) in [6, 6.07) is -3.01. The Morgan fingerprint density at radius 2 is 1.95 bits per heavy atom. The zero-order valence-electron chi connectivity index (χ0n) is 21.7. The average Bonchev–Trinajstić information content (AvgIpc) is 3.24. The van der Waals surface area contributed by atoms with E-state index >= 15 is 0 Å². The molecular formula is C24H32F5N5O3S. The molecule has 1 saturated heterocycles. The maximum atomic E-state index is 14.0. The maximum absolute atomic E-state index is 14.0. The van der Waals surface area contributed by atoms with Crippen molar-refractivity contribution < 1.29 is 36.6 Å². The minimum Gasteiger partial charge on any atom is -0.389 e. The zero-order valence-corrected chi connectivity index (χ0v) is 22.5. The second-order valence-corrected chi connectivity index (χ2v) is 10.3. The molecule has 2 rings (SSSR count). The Kier molecular flexibility index (Phi) is 10.3. The number of aliphatic imine (C=N–C) groups is 1. The first-order valence-corrected chi connectivity index (χ1v) is 12.3. The highest BCUT2D eigenvalue weighted by molar-refractivity contribution is 7.81. The normalized spacial score (nSPS) is 18.4. The molecule has 38 heavy (non-hydrogen) atoms. The van der Waals surface area contributed by atoms with Gasteiger partial charge in [0.15, 0.2) is 6.04 Å². The Balaban J connectivity index is 2.48. The number of carbonyl (C=O) groups excluding carboxylic acids is 2. The lowest BCUT2D eigenvalue weighted by Gasteiger charge is -2.26. The van der Waals surface area contributed by atoms with E-state index in [-0.39, 0.29) is 28.7 Å². The number of hydrogen-bond donors (Lipinski definition) is 3. The van der Waals surface area contributed by atoms with Gasteiger partial charge in [0.2, 0.25) is 0 Å². The van der Waals surface area contributed by atoms with Crippen LogP contribution in [0.1, 0.15) is 65.0 Å². The fourth-order valence-electron chi connectivity index (χ4n) is 3.71. The topological polar surface area (TPSA) is 107 Å². The van der Waals surface area contributed by atoms with E-state index in [1.807, 2.05) is 12.2 Å². The highest BCUT2D eigenvalue weighted by Crippen LogP contribution is 2.30. The summed E-state index contributed by atoms with van der Waals surface area (Å²) in [6.07, 6.45) is -5.50. The molecule has 0 radical (unpaired) electrons. The maximum Gasteiger partial charge on any atom is 0.408 e. The molecule has 3 N–H and O–H groups in total. The van der Waals surface area contributed by atoms with Gasteiger partial charge in [0.25, 0.3) is 18.2 Å². The molecule has 14 heteroatoms. The number of aromatic nitrogens is 1. The van der Waals surface area contributed by atoms with E-state index < -0.39 is 53.5 Å². The number of rotatable bonds is 10. The lowest BCUT2D eigenvalue weighted by Crippen LogP contribution is -2.45. The fraction of sp³-hybridized carbons (Fsp3) is 0.625. The lowest BCUT2D eigenvalue weighted by atomic mass is 10.0. The summed E-state index contributed by atoms with van der Waals surface area (Å²) in [5.74, 6) is -1.74. The molecule has 0 aromatic carbocycles. The molecular weight excluding hydrogens is 533 g/mol. The SMILES string of the molecule is CC(=NC(C(=O)N1CCC[C@@H]1C)C(=S)c1cnc(N[C@@H](C)C(F)(F)F)cc1C(F)F)C(=O)NCC(C)(C)O. The quantitative estimate of drug-likeness (QED) is 0.172. The van der Waals surface area contributed by atoms with Crippen molar-refractivity contribution in [3.05, 3.63) is 23.4 Å². The first-order valence-electron chi connectivity index (χ1n) is 11.9. The van der Waals surface area contributed by atoms with E-state index in [4.69, 9.17) is 12.2 Å². The van der Waals surface area contributed by atoms with E-state index in [1.165, 1.54) is 25.7 Å². The Morgan fingerprint density at radius 3 is 2.45 bits per heavy atom. The van der Waals surface area contributed by atoms with Crippen LogP contribution in [0.15, 0.2) is 17.3 Å². The minimum atomic E-state index is -4.64. The minimum absolute atomic E-state index is 0.116. The molecule has 0 bridgehead atoms. The Morgan fingerprint density at radius 1 is 1.32 bits per heavy atom. The fourth-order valence-corrected chi connectivity index (χ4v) is 4.03. The number of amides is 2. The third-order valence-electron chi connectivity index (χ3n) is 5.94. The van der Waals surface area contributed by atoms with Crippen molar-refractivity contribution >= 4 is 40.4 Å². The van der Waals surface area contributed by atoms with Gasteiger partial charge in [-0.1, -0.05) is 12.2 Å². The molecule has 0 spiro atoms. The molecule has 0 aliphatic carbocycles. The summed E-state index contributed by atoms with van der Waals surface area (Å²) in [7, 11) is 0. The molecule has 2 amide bonds. The summed E-state index contributed by atoms with van der Waals surface area (Å²) >= 11 is 5.42. The van der Waals surface area contributed by atoms with Gasteiger partial charge in [-0.3, -0.25) is 14.6 Å². The molecule has 1 aromatic rings. The molecule has 8 nitrogen and oxygen atoms in total. The second-order valence-electron chi connectivity index (χ2n) is 9.86. The van der Waals surface area contributed by atoms with Crippen molar-refractivity contribution in [3.8, 4) is 0 Å². The summed E-state index contributed by atoms with van der Waals surface area (Å²) in [6.45, 7) is 7.16. The summed E-state index contributed by atoms with van der Waals surface area (Å²) in [5.41, 5.74) is -2.46. The number of nitrogens with zero attached hydrogens (tertiary/aromatic N) is 3. The van der Waals surface area contributed by atoms with Crippen LogP contribution >= 0.6 is 12.2 Å². The molecule has 1 aliphatic rings. The van der Waals surface area contributed by atoms with Crippen LogP contribution in [0.3, 0.4) is 0 Å². The number of carbonyl (C=O) groups is 2. The van der Waals surface area contributed by atoms with Crippen LogP contribution in [0.25, 0.3) is 0 Å². The molecule has 2 heterocycles.